The lowest BCUT2D eigenvalue weighted by atomic mass is 9.99. The van der Waals surface area contributed by atoms with E-state index in [2.05, 4.69) is 5.32 Å². The topological polar surface area (TPSA) is 72.8 Å². The summed E-state index contributed by atoms with van der Waals surface area (Å²) in [6.07, 6.45) is -0.782. The van der Waals surface area contributed by atoms with Crippen molar-refractivity contribution < 1.29 is 15.0 Å². The van der Waals surface area contributed by atoms with Crippen LogP contribution < -0.4 is 5.32 Å². The number of carboxylic acid groups (broad SMARTS) is 1. The van der Waals surface area contributed by atoms with Gasteiger partial charge in [-0.05, 0) is 32.5 Å². The highest BCUT2D eigenvalue weighted by molar-refractivity contribution is 5.65. The molecule has 0 aliphatic carbocycles. The number of nitrogens with zero attached hydrogens (tertiary/aromatic N) is 1. The summed E-state index contributed by atoms with van der Waals surface area (Å²) in [6, 6.07) is 9.08. The number of carbonyl (C=O) groups is 1. The van der Waals surface area contributed by atoms with Gasteiger partial charge in [-0.25, -0.2) is 4.79 Å². The van der Waals surface area contributed by atoms with Gasteiger partial charge < -0.3 is 20.4 Å². The maximum absolute atomic E-state index is 10.8. The Morgan fingerprint density at radius 2 is 1.95 bits per heavy atom. The molecular formula is C14H22N2O3. The highest BCUT2D eigenvalue weighted by atomic mass is 16.4. The molecular weight excluding hydrogens is 244 g/mol. The molecule has 0 saturated heterocycles. The summed E-state index contributed by atoms with van der Waals surface area (Å²) in [4.78, 5) is 12.8. The van der Waals surface area contributed by atoms with Crippen molar-refractivity contribution in [2.75, 3.05) is 20.6 Å². The van der Waals surface area contributed by atoms with Crippen LogP contribution in [0.2, 0.25) is 0 Å². The number of aliphatic hydroxyl groups excluding tert-OH is 1. The third-order valence-corrected chi connectivity index (χ3v) is 2.94. The Balaban J connectivity index is 2.63. The van der Waals surface area contributed by atoms with Crippen molar-refractivity contribution in [3.8, 4) is 0 Å². The van der Waals surface area contributed by atoms with Gasteiger partial charge >= 0.3 is 6.09 Å². The zero-order chi connectivity index (χ0) is 14.3. The molecule has 0 aromatic heterocycles. The van der Waals surface area contributed by atoms with Crippen LogP contribution in [0.25, 0.3) is 0 Å². The molecule has 0 radical (unpaired) electrons. The van der Waals surface area contributed by atoms with E-state index in [1.54, 1.807) is 0 Å². The van der Waals surface area contributed by atoms with Gasteiger partial charge in [-0.15, -0.1) is 0 Å². The van der Waals surface area contributed by atoms with Gasteiger partial charge in [0.15, 0.2) is 0 Å². The number of hydrogen-bond acceptors (Lipinski definition) is 3. The second-order valence-corrected chi connectivity index (χ2v) is 4.91. The van der Waals surface area contributed by atoms with Crippen LogP contribution in [-0.4, -0.2) is 54.0 Å². The molecule has 0 spiro atoms. The summed E-state index contributed by atoms with van der Waals surface area (Å²) < 4.78 is 0. The minimum absolute atomic E-state index is 0.486. The molecule has 106 valence electrons. The molecule has 0 heterocycles. The van der Waals surface area contributed by atoms with Gasteiger partial charge in [-0.3, -0.25) is 0 Å². The SMILES string of the molecule is CN(C)CC[C@H](O)[C@H](Cc1ccccc1)NC(=O)O. The zero-order valence-corrected chi connectivity index (χ0v) is 11.4. The maximum Gasteiger partial charge on any atom is 0.404 e. The fourth-order valence-corrected chi connectivity index (χ4v) is 1.90. The number of nitrogens with one attached hydrogen (secondary N) is 1. The van der Waals surface area contributed by atoms with Gasteiger partial charge in [0.2, 0.25) is 0 Å². The average Bonchev–Trinajstić information content (AvgIpc) is 2.36. The van der Waals surface area contributed by atoms with E-state index >= 15 is 0 Å². The van der Waals surface area contributed by atoms with E-state index in [9.17, 15) is 9.90 Å². The lowest BCUT2D eigenvalue weighted by molar-refractivity contribution is 0.104. The Hall–Kier alpha value is -1.59. The highest BCUT2D eigenvalue weighted by Gasteiger charge is 2.21. The second kappa shape index (κ2) is 7.76. The van der Waals surface area contributed by atoms with E-state index < -0.39 is 18.2 Å². The fraction of sp³-hybridized carbons (Fsp3) is 0.500. The molecule has 3 N–H and O–H groups in total. The van der Waals surface area contributed by atoms with Crippen molar-refractivity contribution >= 4 is 6.09 Å². The standard InChI is InChI=1S/C14H22N2O3/c1-16(2)9-8-13(17)12(15-14(18)19)10-11-6-4-3-5-7-11/h3-7,12-13,15,17H,8-10H2,1-2H3,(H,18,19)/t12-,13-/m0/s1. The van der Waals surface area contributed by atoms with E-state index in [1.165, 1.54) is 0 Å². The van der Waals surface area contributed by atoms with Crippen LogP contribution >= 0.6 is 0 Å². The number of hydrogen-bond donors (Lipinski definition) is 3. The molecule has 2 atom stereocenters. The van der Waals surface area contributed by atoms with Crippen LogP contribution in [-0.2, 0) is 6.42 Å². The van der Waals surface area contributed by atoms with E-state index in [-0.39, 0.29) is 0 Å². The molecule has 1 amide bonds. The summed E-state index contributed by atoms with van der Waals surface area (Å²) in [5.74, 6) is 0. The zero-order valence-electron chi connectivity index (χ0n) is 11.4. The van der Waals surface area contributed by atoms with Crippen molar-refractivity contribution in [3.63, 3.8) is 0 Å². The molecule has 19 heavy (non-hydrogen) atoms. The minimum Gasteiger partial charge on any atom is -0.465 e. The van der Waals surface area contributed by atoms with Crippen molar-refractivity contribution in [1.29, 1.82) is 0 Å². The van der Waals surface area contributed by atoms with Gasteiger partial charge in [0.1, 0.15) is 0 Å². The van der Waals surface area contributed by atoms with E-state index in [0.717, 1.165) is 5.56 Å². The second-order valence-electron chi connectivity index (χ2n) is 4.91. The molecule has 5 nitrogen and oxygen atoms in total. The van der Waals surface area contributed by atoms with Crippen molar-refractivity contribution in [2.45, 2.75) is 25.0 Å². The quantitative estimate of drug-likeness (QED) is 0.693. The molecule has 0 bridgehead atoms. The first-order valence-corrected chi connectivity index (χ1v) is 6.35. The lowest BCUT2D eigenvalue weighted by Gasteiger charge is -2.24. The van der Waals surface area contributed by atoms with Gasteiger partial charge in [0.05, 0.1) is 12.1 Å². The third-order valence-electron chi connectivity index (χ3n) is 2.94. The van der Waals surface area contributed by atoms with E-state index in [1.807, 2.05) is 49.3 Å². The van der Waals surface area contributed by atoms with Crippen molar-refractivity contribution in [1.82, 2.24) is 10.2 Å². The Morgan fingerprint density at radius 1 is 1.32 bits per heavy atom. The first-order chi connectivity index (χ1) is 8.99. The van der Waals surface area contributed by atoms with E-state index in [4.69, 9.17) is 5.11 Å². The fourth-order valence-electron chi connectivity index (χ4n) is 1.90. The molecule has 1 aromatic rings. The van der Waals surface area contributed by atoms with Crippen LogP contribution in [0.15, 0.2) is 30.3 Å². The first-order valence-electron chi connectivity index (χ1n) is 6.35. The summed E-state index contributed by atoms with van der Waals surface area (Å²) >= 11 is 0. The molecule has 1 rings (SSSR count). The van der Waals surface area contributed by atoms with Gasteiger partial charge in [-0.1, -0.05) is 30.3 Å². The minimum atomic E-state index is -1.11. The third kappa shape index (κ3) is 6.22. The Kier molecular flexibility index (Phi) is 6.32. The Labute approximate surface area is 113 Å². The van der Waals surface area contributed by atoms with Crippen LogP contribution in [0.1, 0.15) is 12.0 Å². The van der Waals surface area contributed by atoms with Crippen molar-refractivity contribution in [3.05, 3.63) is 35.9 Å². The summed E-state index contributed by atoms with van der Waals surface area (Å²) in [6.45, 7) is 0.716. The normalized spacial score (nSPS) is 14.1. The van der Waals surface area contributed by atoms with Crippen LogP contribution in [0.5, 0.6) is 0 Å². The predicted octanol–water partition coefficient (Wildman–Crippen LogP) is 1.18. The summed E-state index contributed by atoms with van der Waals surface area (Å²) in [5.41, 5.74) is 1.00. The highest BCUT2D eigenvalue weighted by Crippen LogP contribution is 2.09. The average molecular weight is 266 g/mol. The van der Waals surface area contributed by atoms with Gasteiger partial charge in [0.25, 0.3) is 0 Å². The largest absolute Gasteiger partial charge is 0.465 e. The molecule has 0 aliphatic heterocycles. The predicted molar refractivity (Wildman–Crippen MR) is 74.3 cm³/mol. The smallest absolute Gasteiger partial charge is 0.404 e. The monoisotopic (exact) mass is 266 g/mol. The summed E-state index contributed by atoms with van der Waals surface area (Å²) in [5, 5.41) is 21.4. The molecule has 0 aliphatic rings. The maximum atomic E-state index is 10.8. The number of amides is 1. The van der Waals surface area contributed by atoms with Gasteiger partial charge in [-0.2, -0.15) is 0 Å². The van der Waals surface area contributed by atoms with Crippen LogP contribution in [0.3, 0.4) is 0 Å². The molecule has 5 heteroatoms. The summed E-state index contributed by atoms with van der Waals surface area (Å²) in [7, 11) is 3.84. The van der Waals surface area contributed by atoms with Crippen molar-refractivity contribution in [2.24, 2.45) is 0 Å². The van der Waals surface area contributed by atoms with Crippen LogP contribution in [0, 0.1) is 0 Å². The lowest BCUT2D eigenvalue weighted by Crippen LogP contribution is -2.45. The van der Waals surface area contributed by atoms with Crippen LogP contribution in [0.4, 0.5) is 4.79 Å². The first kappa shape index (κ1) is 15.5. The van der Waals surface area contributed by atoms with E-state index in [0.29, 0.717) is 19.4 Å². The Bertz CT molecular complexity index is 382. The molecule has 0 saturated carbocycles. The Morgan fingerprint density at radius 3 is 2.47 bits per heavy atom. The molecule has 1 aromatic carbocycles. The molecule has 0 unspecified atom stereocenters. The molecule has 0 fully saturated rings. The number of aliphatic hydroxyl groups is 1. The number of rotatable bonds is 7. The van der Waals surface area contributed by atoms with Gasteiger partial charge in [0, 0.05) is 6.54 Å². The number of benzene rings is 1.